The van der Waals surface area contributed by atoms with Gasteiger partial charge in [-0.1, -0.05) is 29.8 Å². The largest absolute Gasteiger partial charge is 0.411 e. The maximum Gasteiger partial charge on any atom is 0.277 e. The Balaban J connectivity index is 1.33. The van der Waals surface area contributed by atoms with Crippen molar-refractivity contribution in [1.29, 1.82) is 0 Å². The van der Waals surface area contributed by atoms with Crippen LogP contribution >= 0.6 is 11.8 Å². The van der Waals surface area contributed by atoms with E-state index in [0.29, 0.717) is 17.7 Å². The first-order valence-corrected chi connectivity index (χ1v) is 10.9. The van der Waals surface area contributed by atoms with E-state index in [4.69, 9.17) is 10.8 Å². The first kappa shape index (κ1) is 20.9. The molecule has 3 aromatic rings. The van der Waals surface area contributed by atoms with E-state index in [1.54, 1.807) is 18.5 Å². The fourth-order valence-electron chi connectivity index (χ4n) is 3.32. The number of pyridine rings is 1. The number of terminal acetylenes is 1. The van der Waals surface area contributed by atoms with Gasteiger partial charge in [-0.15, -0.1) is 16.6 Å². The molecule has 8 nitrogen and oxygen atoms in total. The summed E-state index contributed by atoms with van der Waals surface area (Å²) in [5, 5.41) is 11.4. The van der Waals surface area contributed by atoms with Gasteiger partial charge < -0.3 is 14.6 Å². The van der Waals surface area contributed by atoms with E-state index in [0.717, 1.165) is 43.1 Å². The SMILES string of the molecule is C#CCN1CCN(c2ccccc2NC(=O)CSc2nnc(-c3cccnc3)o2)CC1. The zero-order chi connectivity index (χ0) is 21.5. The smallest absolute Gasteiger partial charge is 0.277 e. The predicted molar refractivity (Wildman–Crippen MR) is 121 cm³/mol. The van der Waals surface area contributed by atoms with Crippen molar-refractivity contribution in [2.75, 3.05) is 48.7 Å². The van der Waals surface area contributed by atoms with Crippen LogP contribution in [0.25, 0.3) is 11.5 Å². The van der Waals surface area contributed by atoms with Gasteiger partial charge in [-0.2, -0.15) is 0 Å². The summed E-state index contributed by atoms with van der Waals surface area (Å²) >= 11 is 1.20. The molecule has 1 aliphatic rings. The Morgan fingerprint density at radius 3 is 2.77 bits per heavy atom. The molecule has 0 atom stereocenters. The Kier molecular flexibility index (Phi) is 6.82. The minimum Gasteiger partial charge on any atom is -0.411 e. The van der Waals surface area contributed by atoms with Crippen molar-refractivity contribution in [2.24, 2.45) is 0 Å². The van der Waals surface area contributed by atoms with E-state index >= 15 is 0 Å². The monoisotopic (exact) mass is 434 g/mol. The van der Waals surface area contributed by atoms with Crippen LogP contribution in [-0.4, -0.2) is 64.5 Å². The Hall–Kier alpha value is -3.35. The Bertz CT molecular complexity index is 1060. The lowest BCUT2D eigenvalue weighted by Gasteiger charge is -2.36. The van der Waals surface area contributed by atoms with Gasteiger partial charge in [0.05, 0.1) is 29.2 Å². The number of amides is 1. The fourth-order valence-corrected chi connectivity index (χ4v) is 3.88. The molecule has 1 N–H and O–H groups in total. The number of carbonyl (C=O) groups excluding carboxylic acids is 1. The molecule has 0 radical (unpaired) electrons. The van der Waals surface area contributed by atoms with Crippen molar-refractivity contribution >= 4 is 29.0 Å². The summed E-state index contributed by atoms with van der Waals surface area (Å²) in [6, 6.07) is 11.5. The highest BCUT2D eigenvalue weighted by Crippen LogP contribution is 2.27. The molecule has 1 aliphatic heterocycles. The number of nitrogens with one attached hydrogen (secondary N) is 1. The van der Waals surface area contributed by atoms with Gasteiger partial charge in [0.25, 0.3) is 5.22 Å². The maximum atomic E-state index is 12.6. The predicted octanol–water partition coefficient (Wildman–Crippen LogP) is 2.62. The standard InChI is InChI=1S/C22H22N6O2S/c1-2-10-27-11-13-28(14-12-27)19-8-4-3-7-18(19)24-20(29)16-31-22-26-25-21(30-22)17-6-5-9-23-15-17/h1,3-9,15H,10-14,16H2,(H,24,29). The van der Waals surface area contributed by atoms with Gasteiger partial charge in [-0.25, -0.2) is 0 Å². The number of thioether (sulfide) groups is 1. The minimum atomic E-state index is -0.135. The summed E-state index contributed by atoms with van der Waals surface area (Å²) in [6.45, 7) is 4.20. The number of aromatic nitrogens is 3. The molecule has 0 spiro atoms. The molecule has 1 aromatic carbocycles. The van der Waals surface area contributed by atoms with Crippen LogP contribution in [0.3, 0.4) is 0 Å². The van der Waals surface area contributed by atoms with E-state index in [9.17, 15) is 4.79 Å². The number of hydrogen-bond acceptors (Lipinski definition) is 8. The molecule has 1 fully saturated rings. The summed E-state index contributed by atoms with van der Waals surface area (Å²) < 4.78 is 5.61. The molecule has 0 unspecified atom stereocenters. The first-order valence-electron chi connectivity index (χ1n) is 9.89. The van der Waals surface area contributed by atoms with Crippen LogP contribution in [0.5, 0.6) is 0 Å². The Morgan fingerprint density at radius 2 is 2.00 bits per heavy atom. The number of hydrogen-bond donors (Lipinski definition) is 1. The number of carbonyl (C=O) groups is 1. The molecule has 4 rings (SSSR count). The third-order valence-electron chi connectivity index (χ3n) is 4.85. The summed E-state index contributed by atoms with van der Waals surface area (Å²) in [7, 11) is 0. The second kappa shape index (κ2) is 10.1. The van der Waals surface area contributed by atoms with Gasteiger partial charge >= 0.3 is 0 Å². The maximum absolute atomic E-state index is 12.6. The highest BCUT2D eigenvalue weighted by atomic mass is 32.2. The topological polar surface area (TPSA) is 87.4 Å². The second-order valence-corrected chi connectivity index (χ2v) is 7.86. The Labute approximate surface area is 185 Å². The summed E-state index contributed by atoms with van der Waals surface area (Å²) in [5.41, 5.74) is 2.54. The average molecular weight is 435 g/mol. The van der Waals surface area contributed by atoms with Gasteiger partial charge in [0, 0.05) is 38.6 Å². The molecule has 1 saturated heterocycles. The summed E-state index contributed by atoms with van der Waals surface area (Å²) in [5.74, 6) is 3.11. The molecule has 0 aliphatic carbocycles. The molecule has 158 valence electrons. The first-order chi connectivity index (χ1) is 15.2. The van der Waals surface area contributed by atoms with Crippen LogP contribution < -0.4 is 10.2 Å². The number of rotatable bonds is 7. The highest BCUT2D eigenvalue weighted by molar-refractivity contribution is 7.99. The minimum absolute atomic E-state index is 0.135. The van der Waals surface area contributed by atoms with Crippen LogP contribution in [-0.2, 0) is 4.79 Å². The zero-order valence-corrected chi connectivity index (χ0v) is 17.7. The third-order valence-corrected chi connectivity index (χ3v) is 5.67. The molecule has 0 saturated carbocycles. The molecule has 3 heterocycles. The average Bonchev–Trinajstić information content (AvgIpc) is 3.29. The molecule has 9 heteroatoms. The van der Waals surface area contributed by atoms with Crippen LogP contribution in [0.4, 0.5) is 11.4 Å². The van der Waals surface area contributed by atoms with Crippen molar-refractivity contribution in [3.05, 3.63) is 48.8 Å². The van der Waals surface area contributed by atoms with Crippen LogP contribution in [0, 0.1) is 12.3 Å². The molecular formula is C22H22N6O2S. The second-order valence-electron chi connectivity index (χ2n) is 6.94. The fraction of sp³-hybridized carbons (Fsp3) is 0.273. The molecule has 1 amide bonds. The quantitative estimate of drug-likeness (QED) is 0.449. The summed E-state index contributed by atoms with van der Waals surface area (Å²) in [4.78, 5) is 21.1. The lowest BCUT2D eigenvalue weighted by molar-refractivity contribution is -0.113. The van der Waals surface area contributed by atoms with E-state index in [2.05, 4.69) is 36.2 Å². The van der Waals surface area contributed by atoms with Crippen molar-refractivity contribution in [3.63, 3.8) is 0 Å². The van der Waals surface area contributed by atoms with Gasteiger partial charge in [0.2, 0.25) is 11.8 Å². The normalized spacial score (nSPS) is 14.2. The molecule has 0 bridgehead atoms. The van der Waals surface area contributed by atoms with E-state index in [1.807, 2.05) is 30.3 Å². The Morgan fingerprint density at radius 1 is 1.16 bits per heavy atom. The number of benzene rings is 1. The number of anilines is 2. The molecule has 31 heavy (non-hydrogen) atoms. The lowest BCUT2D eigenvalue weighted by Crippen LogP contribution is -2.46. The number of piperazine rings is 1. The van der Waals surface area contributed by atoms with Crippen molar-refractivity contribution in [1.82, 2.24) is 20.1 Å². The van der Waals surface area contributed by atoms with Gasteiger partial charge in [0.15, 0.2) is 0 Å². The van der Waals surface area contributed by atoms with Crippen molar-refractivity contribution in [2.45, 2.75) is 5.22 Å². The van der Waals surface area contributed by atoms with Gasteiger partial charge in [-0.05, 0) is 24.3 Å². The van der Waals surface area contributed by atoms with Crippen LogP contribution in [0.1, 0.15) is 0 Å². The number of nitrogens with zero attached hydrogens (tertiary/aromatic N) is 5. The highest BCUT2D eigenvalue weighted by Gasteiger charge is 2.19. The van der Waals surface area contributed by atoms with E-state index in [1.165, 1.54) is 11.8 Å². The molecular weight excluding hydrogens is 412 g/mol. The molecule has 2 aromatic heterocycles. The van der Waals surface area contributed by atoms with Gasteiger partial charge in [0.1, 0.15) is 0 Å². The van der Waals surface area contributed by atoms with Crippen molar-refractivity contribution < 1.29 is 9.21 Å². The number of para-hydroxylation sites is 2. The van der Waals surface area contributed by atoms with Crippen LogP contribution in [0.2, 0.25) is 0 Å². The van der Waals surface area contributed by atoms with Crippen LogP contribution in [0.15, 0.2) is 58.4 Å². The lowest BCUT2D eigenvalue weighted by atomic mass is 10.2. The van der Waals surface area contributed by atoms with Crippen molar-refractivity contribution in [3.8, 4) is 23.8 Å². The van der Waals surface area contributed by atoms with E-state index < -0.39 is 0 Å². The summed E-state index contributed by atoms with van der Waals surface area (Å²) in [6.07, 6.45) is 8.74. The zero-order valence-electron chi connectivity index (χ0n) is 16.9. The third kappa shape index (κ3) is 5.42. The van der Waals surface area contributed by atoms with E-state index in [-0.39, 0.29) is 11.7 Å². The van der Waals surface area contributed by atoms with Gasteiger partial charge in [-0.3, -0.25) is 14.7 Å².